The van der Waals surface area contributed by atoms with Gasteiger partial charge < -0.3 is 10.6 Å². The van der Waals surface area contributed by atoms with Gasteiger partial charge in [-0.2, -0.15) is 0 Å². The summed E-state index contributed by atoms with van der Waals surface area (Å²) < 4.78 is 0. The van der Waals surface area contributed by atoms with E-state index < -0.39 is 0 Å². The normalized spacial score (nSPS) is 20.9. The summed E-state index contributed by atoms with van der Waals surface area (Å²) >= 11 is 1.55. The van der Waals surface area contributed by atoms with Gasteiger partial charge in [-0.25, -0.2) is 9.78 Å². The number of nitrogens with zero attached hydrogens (tertiary/aromatic N) is 2. The van der Waals surface area contributed by atoms with E-state index in [1.165, 1.54) is 12.0 Å². The topological polar surface area (TPSA) is 57.3 Å². The van der Waals surface area contributed by atoms with Crippen LogP contribution in [-0.2, 0) is 13.1 Å². The van der Waals surface area contributed by atoms with Crippen molar-refractivity contribution in [1.82, 2.24) is 20.5 Å². The maximum absolute atomic E-state index is 12.0. The maximum Gasteiger partial charge on any atom is 0.315 e. The van der Waals surface area contributed by atoms with Gasteiger partial charge in [0.2, 0.25) is 0 Å². The van der Waals surface area contributed by atoms with Gasteiger partial charge in [-0.1, -0.05) is 30.3 Å². The molecule has 0 spiro atoms. The molecule has 128 valence electrons. The van der Waals surface area contributed by atoms with Gasteiger partial charge in [0.05, 0.1) is 6.54 Å². The molecule has 1 saturated heterocycles. The summed E-state index contributed by atoms with van der Waals surface area (Å²) in [4.78, 5) is 18.7. The van der Waals surface area contributed by atoms with Gasteiger partial charge in [0.1, 0.15) is 5.01 Å². The molecule has 5 nitrogen and oxygen atoms in total. The molecule has 2 heterocycles. The molecule has 2 N–H and O–H groups in total. The Labute approximate surface area is 147 Å². The standard InChI is InChI=1S/C18H24N4OS/c1-18(14-21-17(23)20-12-16-19-9-11-24-16)8-5-10-22(18)13-15-6-3-2-4-7-15/h2-4,6-7,9,11H,5,8,10,12-14H2,1H3,(H2,20,21,23)/t18-/m0/s1. The number of hydrogen-bond acceptors (Lipinski definition) is 4. The van der Waals surface area contributed by atoms with E-state index in [4.69, 9.17) is 0 Å². The van der Waals surface area contributed by atoms with Crippen LogP contribution in [0.25, 0.3) is 0 Å². The largest absolute Gasteiger partial charge is 0.336 e. The van der Waals surface area contributed by atoms with E-state index in [9.17, 15) is 4.79 Å². The van der Waals surface area contributed by atoms with Crippen molar-refractivity contribution in [2.45, 2.75) is 38.4 Å². The van der Waals surface area contributed by atoms with Crippen LogP contribution in [0.2, 0.25) is 0 Å². The Bertz CT molecular complexity index is 646. The van der Waals surface area contributed by atoms with E-state index in [1.54, 1.807) is 17.5 Å². The zero-order chi connectivity index (χ0) is 16.8. The first-order valence-corrected chi connectivity index (χ1v) is 9.23. The quantitative estimate of drug-likeness (QED) is 0.847. The number of carbonyl (C=O) groups excluding carboxylic acids is 1. The van der Waals surface area contributed by atoms with Crippen molar-refractivity contribution in [2.75, 3.05) is 13.1 Å². The number of urea groups is 1. The third-order valence-corrected chi connectivity index (χ3v) is 5.42. The summed E-state index contributed by atoms with van der Waals surface area (Å²) in [6.45, 7) is 5.38. The van der Waals surface area contributed by atoms with Crippen LogP contribution in [0, 0.1) is 0 Å². The molecule has 6 heteroatoms. The zero-order valence-corrected chi connectivity index (χ0v) is 14.8. The Morgan fingerprint density at radius 2 is 2.17 bits per heavy atom. The lowest BCUT2D eigenvalue weighted by Crippen LogP contribution is -2.51. The second-order valence-corrected chi connectivity index (χ2v) is 7.45. The fourth-order valence-electron chi connectivity index (χ4n) is 3.18. The van der Waals surface area contributed by atoms with Crippen LogP contribution in [0.1, 0.15) is 30.3 Å². The molecule has 1 aromatic heterocycles. The average Bonchev–Trinajstić information content (AvgIpc) is 3.23. The Kier molecular flexibility index (Phi) is 5.48. The molecule has 1 atom stereocenters. The molecule has 1 aromatic carbocycles. The van der Waals surface area contributed by atoms with Gasteiger partial charge in [0, 0.05) is 30.2 Å². The molecule has 3 rings (SSSR count). The molecular formula is C18H24N4OS. The molecule has 0 unspecified atom stereocenters. The van der Waals surface area contributed by atoms with E-state index >= 15 is 0 Å². The molecule has 2 aromatic rings. The van der Waals surface area contributed by atoms with Gasteiger partial charge in [-0.15, -0.1) is 11.3 Å². The number of nitrogens with one attached hydrogen (secondary N) is 2. The van der Waals surface area contributed by atoms with Crippen LogP contribution < -0.4 is 10.6 Å². The number of carbonyl (C=O) groups is 1. The fourth-order valence-corrected chi connectivity index (χ4v) is 3.74. The van der Waals surface area contributed by atoms with Crippen LogP contribution in [0.15, 0.2) is 41.9 Å². The van der Waals surface area contributed by atoms with Crippen LogP contribution in [0.5, 0.6) is 0 Å². The number of amides is 2. The lowest BCUT2D eigenvalue weighted by molar-refractivity contribution is 0.145. The number of aromatic nitrogens is 1. The van der Waals surface area contributed by atoms with Gasteiger partial charge in [-0.05, 0) is 31.9 Å². The number of benzene rings is 1. The highest BCUT2D eigenvalue weighted by Crippen LogP contribution is 2.29. The van der Waals surface area contributed by atoms with Crippen molar-refractivity contribution in [2.24, 2.45) is 0 Å². The summed E-state index contributed by atoms with van der Waals surface area (Å²) in [5, 5.41) is 8.73. The maximum atomic E-state index is 12.0. The second kappa shape index (κ2) is 7.77. The van der Waals surface area contributed by atoms with Crippen LogP contribution in [-0.4, -0.2) is 34.5 Å². The molecule has 1 aliphatic heterocycles. The molecular weight excluding hydrogens is 320 g/mol. The van der Waals surface area contributed by atoms with Crippen LogP contribution in [0.3, 0.4) is 0 Å². The highest BCUT2D eigenvalue weighted by molar-refractivity contribution is 7.09. The minimum atomic E-state index is -0.127. The number of rotatable bonds is 6. The molecule has 0 saturated carbocycles. The highest BCUT2D eigenvalue weighted by Gasteiger charge is 2.36. The second-order valence-electron chi connectivity index (χ2n) is 6.47. The van der Waals surface area contributed by atoms with E-state index in [1.807, 2.05) is 11.4 Å². The smallest absolute Gasteiger partial charge is 0.315 e. The first-order chi connectivity index (χ1) is 11.7. The first kappa shape index (κ1) is 16.9. The van der Waals surface area contributed by atoms with Gasteiger partial charge >= 0.3 is 6.03 Å². The number of likely N-dealkylation sites (tertiary alicyclic amines) is 1. The summed E-state index contributed by atoms with van der Waals surface area (Å²) in [5.41, 5.74) is 1.33. The molecule has 0 radical (unpaired) electrons. The summed E-state index contributed by atoms with van der Waals surface area (Å²) in [6.07, 6.45) is 4.03. The summed E-state index contributed by atoms with van der Waals surface area (Å²) in [5.74, 6) is 0. The lowest BCUT2D eigenvalue weighted by atomic mass is 9.98. The fraction of sp³-hybridized carbons (Fsp3) is 0.444. The van der Waals surface area contributed by atoms with Crippen LogP contribution >= 0.6 is 11.3 Å². The zero-order valence-electron chi connectivity index (χ0n) is 14.0. The average molecular weight is 344 g/mol. The summed E-state index contributed by atoms with van der Waals surface area (Å²) in [7, 11) is 0. The highest BCUT2D eigenvalue weighted by atomic mass is 32.1. The summed E-state index contributed by atoms with van der Waals surface area (Å²) in [6, 6.07) is 10.4. The van der Waals surface area contributed by atoms with Gasteiger partial charge in [0.15, 0.2) is 0 Å². The predicted octanol–water partition coefficient (Wildman–Crippen LogP) is 3.00. The van der Waals surface area contributed by atoms with E-state index in [0.717, 1.165) is 24.5 Å². The Morgan fingerprint density at radius 3 is 2.92 bits per heavy atom. The molecule has 1 aliphatic rings. The van der Waals surface area contributed by atoms with Crippen molar-refractivity contribution >= 4 is 17.4 Å². The molecule has 0 bridgehead atoms. The molecule has 2 amide bonds. The van der Waals surface area contributed by atoms with E-state index in [2.05, 4.69) is 51.7 Å². The van der Waals surface area contributed by atoms with Crippen molar-refractivity contribution in [1.29, 1.82) is 0 Å². The van der Waals surface area contributed by atoms with Crippen molar-refractivity contribution < 1.29 is 4.79 Å². The van der Waals surface area contributed by atoms with E-state index in [-0.39, 0.29) is 11.6 Å². The molecule has 1 fully saturated rings. The lowest BCUT2D eigenvalue weighted by Gasteiger charge is -2.35. The first-order valence-electron chi connectivity index (χ1n) is 8.35. The Morgan fingerprint density at radius 1 is 1.33 bits per heavy atom. The SMILES string of the molecule is C[C@@]1(CNC(=O)NCc2nccs2)CCCN1Cc1ccccc1. The van der Waals surface area contributed by atoms with E-state index in [0.29, 0.717) is 13.1 Å². The number of hydrogen-bond donors (Lipinski definition) is 2. The third-order valence-electron chi connectivity index (χ3n) is 4.64. The van der Waals surface area contributed by atoms with Crippen molar-refractivity contribution in [3.05, 3.63) is 52.5 Å². The molecule has 24 heavy (non-hydrogen) atoms. The number of thiazole rings is 1. The Hall–Kier alpha value is -1.92. The minimum absolute atomic E-state index is 0.00830. The third kappa shape index (κ3) is 4.33. The minimum Gasteiger partial charge on any atom is -0.336 e. The predicted molar refractivity (Wildman–Crippen MR) is 96.8 cm³/mol. The monoisotopic (exact) mass is 344 g/mol. The van der Waals surface area contributed by atoms with Crippen molar-refractivity contribution in [3.63, 3.8) is 0 Å². The van der Waals surface area contributed by atoms with Gasteiger partial charge in [-0.3, -0.25) is 4.90 Å². The van der Waals surface area contributed by atoms with Crippen LogP contribution in [0.4, 0.5) is 4.79 Å². The molecule has 0 aliphatic carbocycles. The van der Waals surface area contributed by atoms with Crippen molar-refractivity contribution in [3.8, 4) is 0 Å². The van der Waals surface area contributed by atoms with Gasteiger partial charge in [0.25, 0.3) is 0 Å². The Balaban J connectivity index is 1.49.